The maximum atomic E-state index is 12.3. The van der Waals surface area contributed by atoms with Gasteiger partial charge in [-0.15, -0.1) is 0 Å². The normalized spacial score (nSPS) is 11.6. The average molecular weight is 351 g/mol. The number of rotatable bonds is 4. The zero-order valence-electron chi connectivity index (χ0n) is 14.0. The fourth-order valence-corrected chi connectivity index (χ4v) is 3.42. The largest absolute Gasteiger partial charge is 0.296 e. The van der Waals surface area contributed by atoms with Crippen LogP contribution in [0.4, 0.5) is 0 Å². The van der Waals surface area contributed by atoms with E-state index in [0.717, 1.165) is 34.4 Å². The molecule has 0 fully saturated rings. The molecule has 4 aromatic rings. The molecule has 126 valence electrons. The van der Waals surface area contributed by atoms with Crippen LogP contribution in [-0.4, -0.2) is 30.1 Å². The average Bonchev–Trinajstić information content (AvgIpc) is 3.01. The van der Waals surface area contributed by atoms with Crippen molar-refractivity contribution in [3.63, 3.8) is 0 Å². The molecule has 6 nitrogen and oxygen atoms in total. The lowest BCUT2D eigenvalue weighted by atomic mass is 10.2. The SMILES string of the molecule is Cc1ccn2c(=O)cc(CN(C)Cc3ccc4nsnc4c3)nc2c1. The van der Waals surface area contributed by atoms with Gasteiger partial charge in [-0.1, -0.05) is 6.07 Å². The van der Waals surface area contributed by atoms with Crippen molar-refractivity contribution in [2.75, 3.05) is 7.05 Å². The molecule has 0 spiro atoms. The quantitative estimate of drug-likeness (QED) is 0.566. The van der Waals surface area contributed by atoms with E-state index in [0.29, 0.717) is 12.2 Å². The number of hydrogen-bond acceptors (Lipinski definition) is 6. The lowest BCUT2D eigenvalue weighted by Gasteiger charge is -2.16. The van der Waals surface area contributed by atoms with E-state index < -0.39 is 0 Å². The monoisotopic (exact) mass is 351 g/mol. The van der Waals surface area contributed by atoms with Crippen molar-refractivity contribution in [1.82, 2.24) is 23.0 Å². The smallest absolute Gasteiger partial charge is 0.258 e. The summed E-state index contributed by atoms with van der Waals surface area (Å²) < 4.78 is 10.1. The highest BCUT2D eigenvalue weighted by atomic mass is 32.1. The van der Waals surface area contributed by atoms with Gasteiger partial charge in [0.1, 0.15) is 16.7 Å². The van der Waals surface area contributed by atoms with Crippen LogP contribution in [0.15, 0.2) is 47.4 Å². The second-order valence-electron chi connectivity index (χ2n) is 6.28. The van der Waals surface area contributed by atoms with Crippen molar-refractivity contribution < 1.29 is 0 Å². The predicted molar refractivity (Wildman–Crippen MR) is 98.8 cm³/mol. The number of nitrogens with zero attached hydrogens (tertiary/aromatic N) is 5. The number of pyridine rings is 1. The highest BCUT2D eigenvalue weighted by molar-refractivity contribution is 7.00. The van der Waals surface area contributed by atoms with Gasteiger partial charge in [-0.3, -0.25) is 14.1 Å². The Bertz CT molecular complexity index is 1120. The number of hydrogen-bond donors (Lipinski definition) is 0. The van der Waals surface area contributed by atoms with Gasteiger partial charge in [0.05, 0.1) is 17.4 Å². The molecule has 0 radical (unpaired) electrons. The molecule has 0 saturated carbocycles. The van der Waals surface area contributed by atoms with Gasteiger partial charge in [-0.2, -0.15) is 8.75 Å². The molecule has 0 saturated heterocycles. The Balaban J connectivity index is 1.56. The summed E-state index contributed by atoms with van der Waals surface area (Å²) in [6.45, 7) is 3.35. The standard InChI is InChI=1S/C18H17N5OS/c1-12-5-6-23-17(7-12)19-14(9-18(23)24)11-22(2)10-13-3-4-15-16(8-13)21-25-20-15/h3-9H,10-11H2,1-2H3. The minimum Gasteiger partial charge on any atom is -0.296 e. The second-order valence-corrected chi connectivity index (χ2v) is 6.81. The molecule has 0 aliphatic carbocycles. The first-order chi connectivity index (χ1) is 12.1. The van der Waals surface area contributed by atoms with Crippen LogP contribution in [0.3, 0.4) is 0 Å². The highest BCUT2D eigenvalue weighted by Crippen LogP contribution is 2.15. The van der Waals surface area contributed by atoms with Crippen LogP contribution in [0.25, 0.3) is 16.7 Å². The molecule has 25 heavy (non-hydrogen) atoms. The Morgan fingerprint density at radius 1 is 1.08 bits per heavy atom. The topological polar surface area (TPSA) is 63.4 Å². The molecule has 0 aliphatic heterocycles. The second kappa shape index (κ2) is 6.34. The maximum absolute atomic E-state index is 12.3. The van der Waals surface area contributed by atoms with E-state index in [1.807, 2.05) is 32.2 Å². The Labute approximate surface area is 148 Å². The van der Waals surface area contributed by atoms with Crippen molar-refractivity contribution >= 4 is 28.4 Å². The molecule has 1 aromatic carbocycles. The third kappa shape index (κ3) is 3.29. The summed E-state index contributed by atoms with van der Waals surface area (Å²) in [6.07, 6.45) is 1.77. The van der Waals surface area contributed by atoms with Crippen molar-refractivity contribution in [2.24, 2.45) is 0 Å². The van der Waals surface area contributed by atoms with Gasteiger partial charge >= 0.3 is 0 Å². The van der Waals surface area contributed by atoms with Crippen LogP contribution in [-0.2, 0) is 13.1 Å². The Morgan fingerprint density at radius 2 is 1.92 bits per heavy atom. The van der Waals surface area contributed by atoms with E-state index in [2.05, 4.69) is 30.8 Å². The van der Waals surface area contributed by atoms with Gasteiger partial charge in [0, 0.05) is 25.4 Å². The van der Waals surface area contributed by atoms with Crippen molar-refractivity contribution in [3.8, 4) is 0 Å². The zero-order valence-corrected chi connectivity index (χ0v) is 14.8. The maximum Gasteiger partial charge on any atom is 0.258 e. The molecule has 0 atom stereocenters. The van der Waals surface area contributed by atoms with Gasteiger partial charge < -0.3 is 0 Å². The third-order valence-electron chi connectivity index (χ3n) is 4.08. The molecule has 3 heterocycles. The highest BCUT2D eigenvalue weighted by Gasteiger charge is 2.08. The van der Waals surface area contributed by atoms with Gasteiger partial charge in [-0.05, 0) is 49.4 Å². The van der Waals surface area contributed by atoms with Crippen molar-refractivity contribution in [1.29, 1.82) is 0 Å². The van der Waals surface area contributed by atoms with Gasteiger partial charge in [0.2, 0.25) is 0 Å². The Morgan fingerprint density at radius 3 is 2.80 bits per heavy atom. The molecule has 0 N–H and O–H groups in total. The zero-order chi connectivity index (χ0) is 17.4. The molecule has 4 rings (SSSR count). The van der Waals surface area contributed by atoms with E-state index in [9.17, 15) is 4.79 Å². The van der Waals surface area contributed by atoms with Gasteiger partial charge in [0.25, 0.3) is 5.56 Å². The summed E-state index contributed by atoms with van der Waals surface area (Å²) >= 11 is 1.23. The van der Waals surface area contributed by atoms with E-state index >= 15 is 0 Å². The van der Waals surface area contributed by atoms with Crippen LogP contribution in [0.2, 0.25) is 0 Å². The summed E-state index contributed by atoms with van der Waals surface area (Å²) in [5.41, 5.74) is 5.51. The predicted octanol–water partition coefficient (Wildman–Crippen LogP) is 2.64. The first kappa shape index (κ1) is 15.9. The first-order valence-corrected chi connectivity index (χ1v) is 8.70. The fourth-order valence-electron chi connectivity index (χ4n) is 2.90. The number of benzene rings is 1. The Kier molecular flexibility index (Phi) is 4.03. The number of aromatic nitrogens is 4. The molecule has 0 bridgehead atoms. The molecular weight excluding hydrogens is 334 g/mol. The summed E-state index contributed by atoms with van der Waals surface area (Å²) in [4.78, 5) is 19.0. The van der Waals surface area contributed by atoms with Crippen LogP contribution in [0.5, 0.6) is 0 Å². The Hall–Kier alpha value is -2.64. The number of fused-ring (bicyclic) bond motifs is 2. The van der Waals surface area contributed by atoms with Crippen LogP contribution >= 0.6 is 11.7 Å². The third-order valence-corrected chi connectivity index (χ3v) is 4.64. The van der Waals surface area contributed by atoms with E-state index in [1.165, 1.54) is 11.7 Å². The van der Waals surface area contributed by atoms with Crippen LogP contribution < -0.4 is 5.56 Å². The molecule has 3 aromatic heterocycles. The minimum absolute atomic E-state index is 0.0524. The minimum atomic E-state index is -0.0524. The van der Waals surface area contributed by atoms with Crippen LogP contribution in [0.1, 0.15) is 16.8 Å². The van der Waals surface area contributed by atoms with Crippen molar-refractivity contribution in [3.05, 3.63) is 69.8 Å². The van der Waals surface area contributed by atoms with E-state index in [-0.39, 0.29) is 5.56 Å². The molecule has 0 unspecified atom stereocenters. The first-order valence-electron chi connectivity index (χ1n) is 7.97. The van der Waals surface area contributed by atoms with E-state index in [4.69, 9.17) is 0 Å². The number of aryl methyl sites for hydroxylation is 1. The van der Waals surface area contributed by atoms with Gasteiger partial charge in [-0.25, -0.2) is 4.98 Å². The molecule has 0 aliphatic rings. The molecular formula is C18H17N5OS. The fraction of sp³-hybridized carbons (Fsp3) is 0.222. The summed E-state index contributed by atoms with van der Waals surface area (Å²) in [6, 6.07) is 11.5. The van der Waals surface area contributed by atoms with Crippen LogP contribution in [0, 0.1) is 6.92 Å². The summed E-state index contributed by atoms with van der Waals surface area (Å²) in [5.74, 6) is 0. The summed E-state index contributed by atoms with van der Waals surface area (Å²) in [7, 11) is 2.02. The van der Waals surface area contributed by atoms with E-state index in [1.54, 1.807) is 16.7 Å². The molecule has 0 amide bonds. The van der Waals surface area contributed by atoms with Crippen molar-refractivity contribution in [2.45, 2.75) is 20.0 Å². The lowest BCUT2D eigenvalue weighted by molar-refractivity contribution is 0.315. The molecule has 7 heteroatoms. The summed E-state index contributed by atoms with van der Waals surface area (Å²) in [5, 5.41) is 0. The lowest BCUT2D eigenvalue weighted by Crippen LogP contribution is -2.21. The van der Waals surface area contributed by atoms with Gasteiger partial charge in [0.15, 0.2) is 0 Å².